The normalized spacial score (nSPS) is 11.2. The highest BCUT2D eigenvalue weighted by molar-refractivity contribution is 7.99. The standard InChI is InChI=1S/C16H9N3O4S2/c20-15(21)13-8-17-16-18(13)12-6-5-11(7-14(12)25-16)24-10-3-1-9(2-4-10)19(22)23/h1-8H,(H,20,21). The summed E-state index contributed by atoms with van der Waals surface area (Å²) in [7, 11) is 0. The molecule has 0 radical (unpaired) electrons. The van der Waals surface area contributed by atoms with Crippen LogP contribution in [0.15, 0.2) is 58.5 Å². The molecule has 0 amide bonds. The summed E-state index contributed by atoms with van der Waals surface area (Å²) in [4.78, 5) is 28.2. The monoisotopic (exact) mass is 371 g/mol. The Morgan fingerprint density at radius 1 is 1.20 bits per heavy atom. The molecule has 9 heteroatoms. The fraction of sp³-hybridized carbons (Fsp3) is 0. The molecule has 25 heavy (non-hydrogen) atoms. The third-order valence-corrected chi connectivity index (χ3v) is 5.62. The maximum atomic E-state index is 11.3. The Labute approximate surface area is 148 Å². The van der Waals surface area contributed by atoms with Crippen molar-refractivity contribution < 1.29 is 14.8 Å². The van der Waals surface area contributed by atoms with Crippen molar-refractivity contribution in [2.24, 2.45) is 0 Å². The molecule has 0 atom stereocenters. The van der Waals surface area contributed by atoms with Crippen LogP contribution in [0.2, 0.25) is 0 Å². The van der Waals surface area contributed by atoms with Gasteiger partial charge in [-0.3, -0.25) is 14.5 Å². The second-order valence-corrected chi connectivity index (χ2v) is 7.31. The number of hydrogen-bond donors (Lipinski definition) is 1. The minimum atomic E-state index is -1.02. The molecule has 0 saturated carbocycles. The van der Waals surface area contributed by atoms with E-state index in [1.165, 1.54) is 41.4 Å². The average Bonchev–Trinajstić information content (AvgIpc) is 3.13. The highest BCUT2D eigenvalue weighted by Crippen LogP contribution is 2.34. The highest BCUT2D eigenvalue weighted by Gasteiger charge is 2.15. The molecule has 0 aliphatic heterocycles. The number of imidazole rings is 1. The van der Waals surface area contributed by atoms with Crippen LogP contribution in [-0.2, 0) is 0 Å². The number of nitrogens with zero attached hydrogens (tertiary/aromatic N) is 3. The molecule has 124 valence electrons. The van der Waals surface area contributed by atoms with Crippen LogP contribution in [0.5, 0.6) is 0 Å². The van der Waals surface area contributed by atoms with Crippen LogP contribution in [0, 0.1) is 10.1 Å². The number of nitro benzene ring substituents is 1. The number of carboxylic acids is 1. The van der Waals surface area contributed by atoms with Gasteiger partial charge < -0.3 is 5.11 Å². The van der Waals surface area contributed by atoms with Crippen molar-refractivity contribution in [2.45, 2.75) is 9.79 Å². The van der Waals surface area contributed by atoms with E-state index in [9.17, 15) is 20.0 Å². The van der Waals surface area contributed by atoms with Crippen molar-refractivity contribution in [2.75, 3.05) is 0 Å². The Hall–Kier alpha value is -2.91. The predicted octanol–water partition coefficient (Wildman–Crippen LogP) is 4.31. The maximum Gasteiger partial charge on any atom is 0.354 e. The largest absolute Gasteiger partial charge is 0.477 e. The molecule has 2 heterocycles. The summed E-state index contributed by atoms with van der Waals surface area (Å²) < 4.78 is 2.56. The van der Waals surface area contributed by atoms with Gasteiger partial charge in [0, 0.05) is 21.9 Å². The van der Waals surface area contributed by atoms with E-state index >= 15 is 0 Å². The SMILES string of the molecule is O=C(O)c1cnc2sc3cc(Sc4ccc([N+](=O)[O-])cc4)ccc3n12. The first kappa shape index (κ1) is 15.6. The maximum absolute atomic E-state index is 11.3. The van der Waals surface area contributed by atoms with E-state index in [-0.39, 0.29) is 11.4 Å². The van der Waals surface area contributed by atoms with E-state index in [0.717, 1.165) is 20.0 Å². The van der Waals surface area contributed by atoms with Crippen molar-refractivity contribution in [3.05, 3.63) is 64.5 Å². The van der Waals surface area contributed by atoms with Crippen molar-refractivity contribution in [3.8, 4) is 0 Å². The number of carboxylic acid groups (broad SMARTS) is 1. The lowest BCUT2D eigenvalue weighted by Crippen LogP contribution is -2.00. The zero-order valence-electron chi connectivity index (χ0n) is 12.4. The van der Waals surface area contributed by atoms with Crippen LogP contribution >= 0.6 is 23.1 Å². The van der Waals surface area contributed by atoms with Gasteiger partial charge in [0.15, 0.2) is 10.7 Å². The fourth-order valence-corrected chi connectivity index (χ4v) is 4.46. The van der Waals surface area contributed by atoms with Gasteiger partial charge in [0.25, 0.3) is 5.69 Å². The third-order valence-electron chi connectivity index (χ3n) is 3.61. The van der Waals surface area contributed by atoms with Gasteiger partial charge in [-0.05, 0) is 30.3 Å². The third kappa shape index (κ3) is 2.73. The van der Waals surface area contributed by atoms with Gasteiger partial charge >= 0.3 is 5.97 Å². The quantitative estimate of drug-likeness (QED) is 0.424. The lowest BCUT2D eigenvalue weighted by atomic mass is 10.3. The summed E-state index contributed by atoms with van der Waals surface area (Å²) in [5.74, 6) is -1.02. The predicted molar refractivity (Wildman–Crippen MR) is 94.8 cm³/mol. The van der Waals surface area contributed by atoms with E-state index in [1.54, 1.807) is 16.5 Å². The topological polar surface area (TPSA) is 97.7 Å². The molecular formula is C16H9N3O4S2. The smallest absolute Gasteiger partial charge is 0.354 e. The lowest BCUT2D eigenvalue weighted by Gasteiger charge is -2.02. The van der Waals surface area contributed by atoms with Crippen LogP contribution in [0.4, 0.5) is 5.69 Å². The number of benzene rings is 2. The van der Waals surface area contributed by atoms with Crippen molar-refractivity contribution in [3.63, 3.8) is 0 Å². The fourth-order valence-electron chi connectivity index (χ4n) is 2.49. The first-order chi connectivity index (χ1) is 12.0. The Morgan fingerprint density at radius 2 is 1.92 bits per heavy atom. The van der Waals surface area contributed by atoms with Crippen LogP contribution in [0.1, 0.15) is 10.5 Å². The summed E-state index contributed by atoms with van der Waals surface area (Å²) in [5.41, 5.74) is 0.987. The number of aromatic nitrogens is 2. The van der Waals surface area contributed by atoms with E-state index in [2.05, 4.69) is 4.98 Å². The Bertz CT molecular complexity index is 1130. The molecule has 0 unspecified atom stereocenters. The molecule has 0 fully saturated rings. The van der Waals surface area contributed by atoms with Crippen LogP contribution in [-0.4, -0.2) is 25.4 Å². The van der Waals surface area contributed by atoms with Gasteiger partial charge in [-0.25, -0.2) is 9.78 Å². The average molecular weight is 371 g/mol. The second-order valence-electron chi connectivity index (χ2n) is 5.15. The summed E-state index contributed by atoms with van der Waals surface area (Å²) in [6.45, 7) is 0. The van der Waals surface area contributed by atoms with E-state index in [0.29, 0.717) is 4.96 Å². The lowest BCUT2D eigenvalue weighted by molar-refractivity contribution is -0.384. The number of aromatic carboxylic acids is 1. The number of rotatable bonds is 4. The Balaban J connectivity index is 1.70. The molecule has 4 aromatic rings. The molecule has 0 aliphatic carbocycles. The molecule has 2 aromatic carbocycles. The zero-order chi connectivity index (χ0) is 17.6. The summed E-state index contributed by atoms with van der Waals surface area (Å²) in [6, 6.07) is 12.1. The molecule has 0 saturated heterocycles. The van der Waals surface area contributed by atoms with Gasteiger partial charge in [0.1, 0.15) is 0 Å². The highest BCUT2D eigenvalue weighted by atomic mass is 32.2. The minimum absolute atomic E-state index is 0.0560. The molecule has 0 spiro atoms. The van der Waals surface area contributed by atoms with Crippen molar-refractivity contribution in [1.29, 1.82) is 0 Å². The first-order valence-corrected chi connectivity index (χ1v) is 8.72. The number of nitro groups is 1. The van der Waals surface area contributed by atoms with Gasteiger partial charge in [0.2, 0.25) is 0 Å². The number of fused-ring (bicyclic) bond motifs is 3. The van der Waals surface area contributed by atoms with Crippen molar-refractivity contribution in [1.82, 2.24) is 9.38 Å². The molecule has 1 N–H and O–H groups in total. The van der Waals surface area contributed by atoms with Gasteiger partial charge in [0.05, 0.1) is 21.3 Å². The van der Waals surface area contributed by atoms with E-state index in [4.69, 9.17) is 0 Å². The van der Waals surface area contributed by atoms with Gasteiger partial charge in [-0.15, -0.1) is 0 Å². The van der Waals surface area contributed by atoms with Crippen LogP contribution in [0.25, 0.3) is 15.2 Å². The summed E-state index contributed by atoms with van der Waals surface area (Å²) >= 11 is 2.90. The van der Waals surface area contributed by atoms with Crippen LogP contribution < -0.4 is 0 Å². The molecule has 4 rings (SSSR count). The molecule has 7 nitrogen and oxygen atoms in total. The Morgan fingerprint density at radius 3 is 2.60 bits per heavy atom. The number of non-ortho nitro benzene ring substituents is 1. The molecule has 0 bridgehead atoms. The minimum Gasteiger partial charge on any atom is -0.477 e. The van der Waals surface area contributed by atoms with E-state index < -0.39 is 10.9 Å². The zero-order valence-corrected chi connectivity index (χ0v) is 14.1. The van der Waals surface area contributed by atoms with E-state index in [1.807, 2.05) is 18.2 Å². The molecule has 0 aliphatic rings. The second kappa shape index (κ2) is 5.87. The van der Waals surface area contributed by atoms with Gasteiger partial charge in [-0.2, -0.15) is 0 Å². The Kier molecular flexibility index (Phi) is 3.66. The van der Waals surface area contributed by atoms with Crippen molar-refractivity contribution >= 4 is 49.9 Å². The summed E-state index contributed by atoms with van der Waals surface area (Å²) in [6.07, 6.45) is 1.35. The number of thiazole rings is 1. The molecule has 2 aromatic heterocycles. The summed E-state index contributed by atoms with van der Waals surface area (Å²) in [5, 5.41) is 20.0. The molecular weight excluding hydrogens is 362 g/mol. The first-order valence-electron chi connectivity index (χ1n) is 7.08. The number of carbonyl (C=O) groups is 1. The number of hydrogen-bond acceptors (Lipinski definition) is 6. The van der Waals surface area contributed by atoms with Gasteiger partial charge in [-0.1, -0.05) is 23.1 Å². The van der Waals surface area contributed by atoms with Crippen LogP contribution in [0.3, 0.4) is 0 Å².